The van der Waals surface area contributed by atoms with E-state index < -0.39 is 0 Å². The number of unbranched alkanes of at least 4 members (excludes halogenated alkanes) is 5. The molecular weight excluding hydrogens is 171 g/mol. The molecule has 0 amide bonds. The van der Waals surface area contributed by atoms with E-state index in [-0.39, 0.29) is 8.46 Å². The van der Waals surface area contributed by atoms with Crippen molar-refractivity contribution in [3.05, 3.63) is 0 Å². The van der Waals surface area contributed by atoms with Crippen molar-refractivity contribution in [1.82, 2.24) is 0 Å². The summed E-state index contributed by atoms with van der Waals surface area (Å²) in [7, 11) is 1.65. The van der Waals surface area contributed by atoms with Gasteiger partial charge in [-0.1, -0.05) is 23.8 Å². The fraction of sp³-hybridized carbons (Fsp3) is 1.00. The molecule has 0 rings (SSSR count). The average Bonchev–Trinajstić information content (AvgIpc) is 2.10. The molecule has 0 aliphatic heterocycles. The van der Waals surface area contributed by atoms with E-state index in [1.54, 1.807) is 7.11 Å². The highest BCUT2D eigenvalue weighted by atomic mass is 31.1. The molecule has 0 aromatic carbocycles. The second-order valence-electron chi connectivity index (χ2n) is 3.01. The van der Waals surface area contributed by atoms with Crippen LogP contribution in [0.5, 0.6) is 0 Å². The quantitative estimate of drug-likeness (QED) is 0.413. The average molecular weight is 191 g/mol. The second-order valence-corrected chi connectivity index (χ2v) is 3.80. The van der Waals surface area contributed by atoms with Gasteiger partial charge in [-0.25, -0.2) is 0 Å². The van der Waals surface area contributed by atoms with Crippen LogP contribution in [0.1, 0.15) is 38.5 Å². The number of hydrogen-bond acceptors (Lipinski definition) is 2. The van der Waals surface area contributed by atoms with Gasteiger partial charge in [0.15, 0.2) is 0 Å². The van der Waals surface area contributed by atoms with Gasteiger partial charge in [-0.05, 0) is 19.3 Å². The predicted molar refractivity (Wildman–Crippen MR) is 53.4 cm³/mol. The van der Waals surface area contributed by atoms with Crippen LogP contribution in [0.4, 0.5) is 0 Å². The van der Waals surface area contributed by atoms with Crippen LogP contribution < -0.4 is 0 Å². The van der Waals surface area contributed by atoms with E-state index in [1.165, 1.54) is 32.1 Å². The summed E-state index contributed by atoms with van der Waals surface area (Å²) in [4.78, 5) is 0. The molecule has 0 radical (unpaired) electrons. The lowest BCUT2D eigenvalue weighted by molar-refractivity contribution is 0.192. The van der Waals surface area contributed by atoms with Gasteiger partial charge in [-0.3, -0.25) is 0 Å². The standard InChI is InChI=1S/C9H19O2P/c1-11-8-6-4-2-3-5-7-9-12-10/h2-9H2,1H3/p+1. The molecule has 72 valence electrons. The minimum Gasteiger partial charge on any atom is -0.385 e. The van der Waals surface area contributed by atoms with E-state index in [2.05, 4.69) is 0 Å². The van der Waals surface area contributed by atoms with Crippen LogP contribution in [0.15, 0.2) is 0 Å². The van der Waals surface area contributed by atoms with Gasteiger partial charge < -0.3 is 4.74 Å². The zero-order valence-electron chi connectivity index (χ0n) is 7.97. The molecule has 0 N–H and O–H groups in total. The summed E-state index contributed by atoms with van der Waals surface area (Å²) in [6.07, 6.45) is 8.29. The van der Waals surface area contributed by atoms with Gasteiger partial charge in [-0.2, -0.15) is 0 Å². The topological polar surface area (TPSA) is 26.3 Å². The molecule has 1 unspecified atom stereocenters. The third-order valence-electron chi connectivity index (χ3n) is 1.88. The normalized spacial score (nSPS) is 10.8. The summed E-state index contributed by atoms with van der Waals surface area (Å²) in [6, 6.07) is 0. The Morgan fingerprint density at radius 1 is 1.00 bits per heavy atom. The van der Waals surface area contributed by atoms with Crippen LogP contribution in [0, 0.1) is 0 Å². The van der Waals surface area contributed by atoms with E-state index >= 15 is 0 Å². The smallest absolute Gasteiger partial charge is 0.324 e. The molecule has 1 atom stereocenters. The summed E-state index contributed by atoms with van der Waals surface area (Å²) >= 11 is 0. The lowest BCUT2D eigenvalue weighted by atomic mass is 10.1. The van der Waals surface area contributed by atoms with Crippen molar-refractivity contribution in [3.63, 3.8) is 0 Å². The molecule has 0 saturated heterocycles. The van der Waals surface area contributed by atoms with Crippen LogP contribution in [0.2, 0.25) is 0 Å². The molecule has 0 aliphatic carbocycles. The minimum absolute atomic E-state index is 0.100. The third-order valence-corrected chi connectivity index (χ3v) is 2.43. The first-order valence-electron chi connectivity index (χ1n) is 4.75. The first kappa shape index (κ1) is 12.1. The second kappa shape index (κ2) is 11.1. The van der Waals surface area contributed by atoms with E-state index in [1.807, 2.05) is 0 Å². The van der Waals surface area contributed by atoms with Crippen LogP contribution in [0.3, 0.4) is 0 Å². The van der Waals surface area contributed by atoms with Crippen LogP contribution in [-0.2, 0) is 9.30 Å². The number of methoxy groups -OCH3 is 1. The van der Waals surface area contributed by atoms with Crippen molar-refractivity contribution >= 4 is 8.46 Å². The lowest BCUT2D eigenvalue weighted by Gasteiger charge is -1.98. The highest BCUT2D eigenvalue weighted by Gasteiger charge is 1.93. The molecule has 0 bridgehead atoms. The fourth-order valence-electron chi connectivity index (χ4n) is 1.15. The molecular formula is C9H20O2P+. The lowest BCUT2D eigenvalue weighted by Crippen LogP contribution is -1.88. The fourth-order valence-corrected chi connectivity index (χ4v) is 1.55. The maximum Gasteiger partial charge on any atom is 0.324 e. The molecule has 0 aliphatic rings. The maximum absolute atomic E-state index is 10.1. The zero-order valence-corrected chi connectivity index (χ0v) is 8.97. The van der Waals surface area contributed by atoms with Crippen LogP contribution in [-0.4, -0.2) is 19.9 Å². The van der Waals surface area contributed by atoms with Gasteiger partial charge in [0.1, 0.15) is 6.16 Å². The molecule has 0 heterocycles. The molecule has 0 fully saturated rings. The Bertz CT molecular complexity index is 96.5. The van der Waals surface area contributed by atoms with E-state index in [0.29, 0.717) is 0 Å². The Balaban J connectivity index is 2.77. The van der Waals surface area contributed by atoms with Gasteiger partial charge in [0.05, 0.1) is 0 Å². The van der Waals surface area contributed by atoms with E-state index in [0.717, 1.165) is 19.2 Å². The first-order valence-corrected chi connectivity index (χ1v) is 5.87. The van der Waals surface area contributed by atoms with Gasteiger partial charge in [0.25, 0.3) is 0 Å². The Labute approximate surface area is 76.9 Å². The molecule has 0 aromatic heterocycles. The Morgan fingerprint density at radius 3 is 2.17 bits per heavy atom. The van der Waals surface area contributed by atoms with Crippen molar-refractivity contribution in [3.8, 4) is 0 Å². The molecule has 0 saturated carbocycles. The SMILES string of the molecule is COCCCCCCCC[PH+]=O. The van der Waals surface area contributed by atoms with E-state index in [9.17, 15) is 4.57 Å². The summed E-state index contributed by atoms with van der Waals surface area (Å²) in [5.41, 5.74) is 0. The van der Waals surface area contributed by atoms with Crippen molar-refractivity contribution in [1.29, 1.82) is 0 Å². The monoisotopic (exact) mass is 191 g/mol. The zero-order chi connectivity index (χ0) is 9.07. The third kappa shape index (κ3) is 10.1. The Kier molecular flexibility index (Phi) is 11.1. The van der Waals surface area contributed by atoms with Crippen molar-refractivity contribution < 1.29 is 9.30 Å². The molecule has 3 heteroatoms. The van der Waals surface area contributed by atoms with E-state index in [4.69, 9.17) is 4.74 Å². The summed E-state index contributed by atoms with van der Waals surface area (Å²) < 4.78 is 15.1. The summed E-state index contributed by atoms with van der Waals surface area (Å²) in [5, 5.41) is 0. The van der Waals surface area contributed by atoms with Gasteiger partial charge >= 0.3 is 8.46 Å². The number of rotatable bonds is 9. The van der Waals surface area contributed by atoms with Crippen LogP contribution >= 0.6 is 8.46 Å². The summed E-state index contributed by atoms with van der Waals surface area (Å²) in [5.74, 6) is 0. The van der Waals surface area contributed by atoms with Crippen LogP contribution in [0.25, 0.3) is 0 Å². The van der Waals surface area contributed by atoms with Crippen molar-refractivity contribution in [2.75, 3.05) is 19.9 Å². The van der Waals surface area contributed by atoms with Gasteiger partial charge in [0, 0.05) is 13.7 Å². The highest BCUT2D eigenvalue weighted by Crippen LogP contribution is 2.07. The highest BCUT2D eigenvalue weighted by molar-refractivity contribution is 7.23. The number of ether oxygens (including phenoxy) is 1. The van der Waals surface area contributed by atoms with Gasteiger partial charge in [-0.15, -0.1) is 0 Å². The number of hydrogen-bond donors (Lipinski definition) is 0. The summed E-state index contributed by atoms with van der Waals surface area (Å²) in [6.45, 7) is 0.891. The molecule has 12 heavy (non-hydrogen) atoms. The molecule has 0 spiro atoms. The predicted octanol–water partition coefficient (Wildman–Crippen LogP) is 3.00. The Hall–Kier alpha value is 0.0600. The van der Waals surface area contributed by atoms with Crippen molar-refractivity contribution in [2.45, 2.75) is 38.5 Å². The molecule has 0 aromatic rings. The molecule has 2 nitrogen and oxygen atoms in total. The first-order chi connectivity index (χ1) is 5.91. The van der Waals surface area contributed by atoms with Crippen molar-refractivity contribution in [2.24, 2.45) is 0 Å². The van der Waals surface area contributed by atoms with Gasteiger partial charge in [0.2, 0.25) is 0 Å². The largest absolute Gasteiger partial charge is 0.385 e. The minimum atomic E-state index is -0.100. The Morgan fingerprint density at radius 2 is 1.58 bits per heavy atom. The maximum atomic E-state index is 10.1.